The Balaban J connectivity index is 1.31. The Hall–Kier alpha value is -2.39. The van der Waals surface area contributed by atoms with Crippen molar-refractivity contribution in [1.29, 1.82) is 0 Å². The third-order valence-electron chi connectivity index (χ3n) is 5.56. The maximum absolute atomic E-state index is 13.0. The molecule has 2 aliphatic rings. The van der Waals surface area contributed by atoms with Crippen LogP contribution in [0.4, 0.5) is 10.2 Å². The molecule has 0 bridgehead atoms. The molecule has 1 aliphatic heterocycles. The molecular formula is C22H25ClFN5O2S. The van der Waals surface area contributed by atoms with E-state index in [9.17, 15) is 14.0 Å². The zero-order chi connectivity index (χ0) is 22.7. The molecule has 0 radical (unpaired) electrons. The summed E-state index contributed by atoms with van der Waals surface area (Å²) in [5, 5.41) is 3.54. The van der Waals surface area contributed by atoms with E-state index in [1.54, 1.807) is 18.2 Å². The lowest BCUT2D eigenvalue weighted by Gasteiger charge is -2.40. The van der Waals surface area contributed by atoms with Gasteiger partial charge in [-0.15, -0.1) is 0 Å². The van der Waals surface area contributed by atoms with Gasteiger partial charge >= 0.3 is 0 Å². The van der Waals surface area contributed by atoms with E-state index in [0.717, 1.165) is 18.4 Å². The first-order valence-corrected chi connectivity index (χ1v) is 12.0. The zero-order valence-electron chi connectivity index (χ0n) is 17.8. The number of anilines is 1. The second-order valence-electron chi connectivity index (χ2n) is 8.12. The molecular weight excluding hydrogens is 453 g/mol. The molecule has 4 rings (SSSR count). The summed E-state index contributed by atoms with van der Waals surface area (Å²) in [5.74, 6) is 0.835. The van der Waals surface area contributed by atoms with Crippen LogP contribution in [0.1, 0.15) is 25.3 Å². The number of hydrogen-bond donors (Lipinski definition) is 1. The molecule has 7 nitrogen and oxygen atoms in total. The van der Waals surface area contributed by atoms with E-state index in [0.29, 0.717) is 42.3 Å². The van der Waals surface area contributed by atoms with E-state index in [2.05, 4.69) is 27.1 Å². The Morgan fingerprint density at radius 3 is 2.66 bits per heavy atom. The lowest BCUT2D eigenvalue weighted by Crippen LogP contribution is -2.54. The Morgan fingerprint density at radius 1 is 1.22 bits per heavy atom. The van der Waals surface area contributed by atoms with E-state index in [-0.39, 0.29) is 35.3 Å². The van der Waals surface area contributed by atoms with Crippen LogP contribution >= 0.6 is 23.4 Å². The summed E-state index contributed by atoms with van der Waals surface area (Å²) in [4.78, 5) is 37.5. The van der Waals surface area contributed by atoms with Gasteiger partial charge in [-0.2, -0.15) is 0 Å². The molecule has 0 spiro atoms. The lowest BCUT2D eigenvalue weighted by atomic mass is 10.1. The predicted octanol–water partition coefficient (Wildman–Crippen LogP) is 3.12. The van der Waals surface area contributed by atoms with Crippen LogP contribution in [0.15, 0.2) is 35.5 Å². The normalized spacial score (nSPS) is 18.5. The Bertz CT molecular complexity index is 989. The number of carbonyl (C=O) groups excluding carboxylic acids is 2. The van der Waals surface area contributed by atoms with Crippen molar-refractivity contribution >= 4 is 41.0 Å². The summed E-state index contributed by atoms with van der Waals surface area (Å²) >= 11 is 7.42. The SMILES string of the molecule is CC1CN(c2cc(Cl)nc(SCC(=O)NCc3ccc(F)cc3)n2)CCN1C(=O)C1CC1. The molecule has 2 fully saturated rings. The fourth-order valence-corrected chi connectivity index (χ4v) is 4.56. The summed E-state index contributed by atoms with van der Waals surface area (Å²) in [7, 11) is 0. The van der Waals surface area contributed by atoms with Crippen molar-refractivity contribution in [2.45, 2.75) is 37.5 Å². The number of carbonyl (C=O) groups is 2. The summed E-state index contributed by atoms with van der Waals surface area (Å²) in [6.45, 7) is 4.39. The second kappa shape index (κ2) is 10.0. The first-order valence-electron chi connectivity index (χ1n) is 10.6. The second-order valence-corrected chi connectivity index (χ2v) is 9.45. The van der Waals surface area contributed by atoms with Crippen LogP contribution in [0.3, 0.4) is 0 Å². The minimum Gasteiger partial charge on any atom is -0.353 e. The van der Waals surface area contributed by atoms with Crippen LogP contribution in [0.5, 0.6) is 0 Å². The first-order chi connectivity index (χ1) is 15.4. The van der Waals surface area contributed by atoms with Crippen molar-refractivity contribution in [2.75, 3.05) is 30.3 Å². The molecule has 170 valence electrons. The highest BCUT2D eigenvalue weighted by Crippen LogP contribution is 2.32. The number of amides is 2. The molecule has 1 aromatic heterocycles. The number of thioether (sulfide) groups is 1. The van der Waals surface area contributed by atoms with E-state index >= 15 is 0 Å². The van der Waals surface area contributed by atoms with Gasteiger partial charge in [0, 0.05) is 44.2 Å². The first kappa shape index (κ1) is 22.8. The number of halogens is 2. The van der Waals surface area contributed by atoms with Gasteiger partial charge in [0.15, 0.2) is 5.16 Å². The van der Waals surface area contributed by atoms with Crippen molar-refractivity contribution in [1.82, 2.24) is 20.2 Å². The fraction of sp³-hybridized carbons (Fsp3) is 0.455. The number of piperazine rings is 1. The number of aromatic nitrogens is 2. The van der Waals surface area contributed by atoms with Gasteiger partial charge in [-0.3, -0.25) is 9.59 Å². The summed E-state index contributed by atoms with van der Waals surface area (Å²) in [5.41, 5.74) is 0.819. The number of rotatable bonds is 7. The largest absolute Gasteiger partial charge is 0.353 e. The molecule has 1 N–H and O–H groups in total. The number of hydrogen-bond acceptors (Lipinski definition) is 6. The molecule has 1 aliphatic carbocycles. The van der Waals surface area contributed by atoms with Gasteiger partial charge in [0.25, 0.3) is 0 Å². The average Bonchev–Trinajstić information content (AvgIpc) is 3.62. The van der Waals surface area contributed by atoms with E-state index in [1.165, 1.54) is 23.9 Å². The highest BCUT2D eigenvalue weighted by atomic mass is 35.5. The van der Waals surface area contributed by atoms with Gasteiger partial charge in [-0.05, 0) is 37.5 Å². The lowest BCUT2D eigenvalue weighted by molar-refractivity contribution is -0.135. The number of nitrogens with one attached hydrogen (secondary N) is 1. The Morgan fingerprint density at radius 2 is 1.97 bits per heavy atom. The van der Waals surface area contributed by atoms with Crippen LogP contribution in [0.25, 0.3) is 0 Å². The van der Waals surface area contributed by atoms with Crippen molar-refractivity contribution in [3.05, 3.63) is 46.9 Å². The maximum atomic E-state index is 13.0. The Kier molecular flexibility index (Phi) is 7.15. The minimum atomic E-state index is -0.310. The van der Waals surface area contributed by atoms with Gasteiger partial charge in [-0.25, -0.2) is 14.4 Å². The molecule has 32 heavy (non-hydrogen) atoms. The van der Waals surface area contributed by atoms with Gasteiger partial charge in [0.1, 0.15) is 16.8 Å². The smallest absolute Gasteiger partial charge is 0.230 e. The van der Waals surface area contributed by atoms with Crippen molar-refractivity contribution in [3.8, 4) is 0 Å². The Labute approximate surface area is 195 Å². The standard InChI is InChI=1S/C22H25ClFN5O2S/c1-14-12-28(8-9-29(14)21(31)16-4-5-16)19-10-18(23)26-22(27-19)32-13-20(30)25-11-15-2-6-17(24)7-3-15/h2-3,6-7,10,14,16H,4-5,8-9,11-13H2,1H3,(H,25,30). The van der Waals surface area contributed by atoms with Crippen molar-refractivity contribution in [3.63, 3.8) is 0 Å². The third kappa shape index (κ3) is 5.89. The summed E-state index contributed by atoms with van der Waals surface area (Å²) in [6.07, 6.45) is 2.01. The maximum Gasteiger partial charge on any atom is 0.230 e. The highest BCUT2D eigenvalue weighted by Gasteiger charge is 2.37. The van der Waals surface area contributed by atoms with Crippen LogP contribution < -0.4 is 10.2 Å². The molecule has 1 unspecified atom stereocenters. The minimum absolute atomic E-state index is 0.0962. The monoisotopic (exact) mass is 477 g/mol. The molecule has 2 aromatic rings. The summed E-state index contributed by atoms with van der Waals surface area (Å²) < 4.78 is 13.0. The number of nitrogens with zero attached hydrogens (tertiary/aromatic N) is 4. The summed E-state index contributed by atoms with van der Waals surface area (Å²) in [6, 6.07) is 7.80. The fourth-order valence-electron chi connectivity index (χ4n) is 3.65. The third-order valence-corrected chi connectivity index (χ3v) is 6.60. The van der Waals surface area contributed by atoms with Crippen molar-refractivity contribution < 1.29 is 14.0 Å². The van der Waals surface area contributed by atoms with Crippen LogP contribution in [0, 0.1) is 11.7 Å². The van der Waals surface area contributed by atoms with Crippen LogP contribution in [0.2, 0.25) is 5.15 Å². The molecule has 2 amide bonds. The molecule has 2 heterocycles. The average molecular weight is 478 g/mol. The van der Waals surface area contributed by atoms with Gasteiger partial charge in [-0.1, -0.05) is 35.5 Å². The van der Waals surface area contributed by atoms with Gasteiger partial charge < -0.3 is 15.1 Å². The molecule has 1 saturated heterocycles. The van der Waals surface area contributed by atoms with E-state index < -0.39 is 0 Å². The zero-order valence-corrected chi connectivity index (χ0v) is 19.3. The highest BCUT2D eigenvalue weighted by molar-refractivity contribution is 7.99. The van der Waals surface area contributed by atoms with E-state index in [4.69, 9.17) is 11.6 Å². The van der Waals surface area contributed by atoms with Crippen molar-refractivity contribution in [2.24, 2.45) is 5.92 Å². The number of benzene rings is 1. The van der Waals surface area contributed by atoms with Crippen LogP contribution in [-0.4, -0.2) is 58.1 Å². The quantitative estimate of drug-likeness (QED) is 0.375. The molecule has 10 heteroatoms. The molecule has 1 saturated carbocycles. The molecule has 1 atom stereocenters. The van der Waals surface area contributed by atoms with Gasteiger partial charge in [0.2, 0.25) is 11.8 Å². The van der Waals surface area contributed by atoms with Gasteiger partial charge in [0.05, 0.1) is 5.75 Å². The predicted molar refractivity (Wildman–Crippen MR) is 122 cm³/mol. The topological polar surface area (TPSA) is 78.4 Å². The van der Waals surface area contributed by atoms with E-state index in [1.807, 2.05) is 4.90 Å². The molecule has 1 aromatic carbocycles. The van der Waals surface area contributed by atoms with Crippen LogP contribution in [-0.2, 0) is 16.1 Å².